The van der Waals surface area contributed by atoms with Crippen molar-refractivity contribution in [2.45, 2.75) is 19.8 Å². The molecule has 0 aliphatic rings. The Morgan fingerprint density at radius 3 is 2.65 bits per heavy atom. The Balaban J connectivity index is 2.14. The molecule has 17 heavy (non-hydrogen) atoms. The summed E-state index contributed by atoms with van der Waals surface area (Å²) >= 11 is 1.49. The smallest absolute Gasteiger partial charge is 0.177 e. The van der Waals surface area contributed by atoms with Gasteiger partial charge in [-0.15, -0.1) is 11.3 Å². The average Bonchev–Trinajstić information content (AvgIpc) is 2.81. The van der Waals surface area contributed by atoms with Gasteiger partial charge in [0.05, 0.1) is 4.88 Å². The van der Waals surface area contributed by atoms with Gasteiger partial charge in [-0.3, -0.25) is 4.79 Å². The van der Waals surface area contributed by atoms with Crippen LogP contribution in [0.15, 0.2) is 36.4 Å². The molecule has 0 amide bonds. The maximum Gasteiger partial charge on any atom is 0.177 e. The third-order valence-corrected chi connectivity index (χ3v) is 3.86. The summed E-state index contributed by atoms with van der Waals surface area (Å²) in [7, 11) is 0. The predicted octanol–water partition coefficient (Wildman–Crippen LogP) is 3.88. The first-order chi connectivity index (χ1) is 8.20. The van der Waals surface area contributed by atoms with Gasteiger partial charge in [-0.25, -0.2) is 4.39 Å². The van der Waals surface area contributed by atoms with E-state index in [-0.39, 0.29) is 18.0 Å². The summed E-state index contributed by atoms with van der Waals surface area (Å²) in [6.07, 6.45) is 1.06. The first-order valence-electron chi connectivity index (χ1n) is 5.56. The molecule has 2 rings (SSSR count). The van der Waals surface area contributed by atoms with Crippen LogP contribution in [0.25, 0.3) is 0 Å². The molecule has 0 fully saturated rings. The van der Waals surface area contributed by atoms with Crippen molar-refractivity contribution in [3.63, 3.8) is 0 Å². The molecule has 2 aromatic rings. The van der Waals surface area contributed by atoms with Crippen LogP contribution in [0.3, 0.4) is 0 Å². The lowest BCUT2D eigenvalue weighted by Crippen LogP contribution is -2.02. The van der Waals surface area contributed by atoms with E-state index >= 15 is 0 Å². The Morgan fingerprint density at radius 1 is 1.24 bits per heavy atom. The number of rotatable bonds is 4. The summed E-state index contributed by atoms with van der Waals surface area (Å²) in [4.78, 5) is 13.8. The lowest BCUT2D eigenvalue weighted by Gasteiger charge is -2.00. The van der Waals surface area contributed by atoms with Gasteiger partial charge in [0.1, 0.15) is 5.82 Å². The lowest BCUT2D eigenvalue weighted by molar-refractivity contribution is 0.0995. The van der Waals surface area contributed by atoms with Crippen LogP contribution in [0, 0.1) is 5.82 Å². The third-order valence-electron chi connectivity index (χ3n) is 2.59. The number of aryl methyl sites for hydroxylation is 1. The minimum atomic E-state index is -0.312. The van der Waals surface area contributed by atoms with Crippen LogP contribution in [0.2, 0.25) is 0 Å². The van der Waals surface area contributed by atoms with Gasteiger partial charge in [0.2, 0.25) is 0 Å². The molecule has 0 aliphatic carbocycles. The Kier molecular flexibility index (Phi) is 3.69. The summed E-state index contributed by atoms with van der Waals surface area (Å²) in [5, 5.41) is 0. The minimum Gasteiger partial charge on any atom is -0.293 e. The van der Waals surface area contributed by atoms with E-state index in [4.69, 9.17) is 0 Å². The van der Waals surface area contributed by atoms with Crippen LogP contribution in [0.1, 0.15) is 27.0 Å². The van der Waals surface area contributed by atoms with Crippen molar-refractivity contribution in [3.8, 4) is 0 Å². The zero-order valence-corrected chi connectivity index (χ0v) is 10.4. The molecule has 0 aliphatic heterocycles. The van der Waals surface area contributed by atoms with Gasteiger partial charge in [-0.1, -0.05) is 25.1 Å². The number of hydrogen-bond acceptors (Lipinski definition) is 2. The van der Waals surface area contributed by atoms with Crippen molar-refractivity contribution in [3.05, 3.63) is 57.5 Å². The number of thiophene rings is 1. The summed E-state index contributed by atoms with van der Waals surface area (Å²) < 4.78 is 13.4. The second-order valence-electron chi connectivity index (χ2n) is 3.81. The quantitative estimate of drug-likeness (QED) is 0.750. The van der Waals surface area contributed by atoms with Gasteiger partial charge in [-0.2, -0.15) is 0 Å². The molecule has 0 N–H and O–H groups in total. The highest BCUT2D eigenvalue weighted by molar-refractivity contribution is 7.14. The SMILES string of the molecule is CCc1ccc(C(=O)Cc2ccccc2F)s1. The largest absolute Gasteiger partial charge is 0.293 e. The summed E-state index contributed by atoms with van der Waals surface area (Å²) in [5.41, 5.74) is 0.462. The Hall–Kier alpha value is -1.48. The maximum absolute atomic E-state index is 13.4. The van der Waals surface area contributed by atoms with E-state index in [9.17, 15) is 9.18 Å². The molecular weight excluding hydrogens is 235 g/mol. The highest BCUT2D eigenvalue weighted by Gasteiger charge is 2.11. The molecule has 0 saturated carbocycles. The lowest BCUT2D eigenvalue weighted by atomic mass is 10.1. The van der Waals surface area contributed by atoms with Crippen LogP contribution >= 0.6 is 11.3 Å². The van der Waals surface area contributed by atoms with Gasteiger partial charge in [0.25, 0.3) is 0 Å². The van der Waals surface area contributed by atoms with E-state index in [0.717, 1.165) is 6.42 Å². The fraction of sp³-hybridized carbons (Fsp3) is 0.214. The van der Waals surface area contributed by atoms with E-state index in [0.29, 0.717) is 10.4 Å². The fourth-order valence-corrected chi connectivity index (χ4v) is 2.50. The minimum absolute atomic E-state index is 0.0141. The third kappa shape index (κ3) is 2.80. The summed E-state index contributed by atoms with van der Waals surface area (Å²) in [5.74, 6) is -0.326. The molecule has 3 heteroatoms. The average molecular weight is 248 g/mol. The number of carbonyl (C=O) groups is 1. The van der Waals surface area contributed by atoms with E-state index < -0.39 is 0 Å². The van der Waals surface area contributed by atoms with Gasteiger partial charge in [0, 0.05) is 11.3 Å². The molecule has 1 heterocycles. The van der Waals surface area contributed by atoms with Gasteiger partial charge >= 0.3 is 0 Å². The van der Waals surface area contributed by atoms with E-state index in [1.165, 1.54) is 22.3 Å². The Bertz CT molecular complexity index is 531. The molecule has 1 aromatic carbocycles. The van der Waals surface area contributed by atoms with Gasteiger partial charge in [0.15, 0.2) is 5.78 Å². The van der Waals surface area contributed by atoms with E-state index in [1.807, 2.05) is 12.1 Å². The van der Waals surface area contributed by atoms with Crippen molar-refractivity contribution in [2.75, 3.05) is 0 Å². The van der Waals surface area contributed by atoms with Crippen molar-refractivity contribution >= 4 is 17.1 Å². The highest BCUT2D eigenvalue weighted by Crippen LogP contribution is 2.19. The standard InChI is InChI=1S/C14H13FOS/c1-2-11-7-8-14(17-11)13(16)9-10-5-3-4-6-12(10)15/h3-8H,2,9H2,1H3. The van der Waals surface area contributed by atoms with Crippen LogP contribution < -0.4 is 0 Å². The predicted molar refractivity (Wildman–Crippen MR) is 68.1 cm³/mol. The molecule has 1 aromatic heterocycles. The van der Waals surface area contributed by atoms with Crippen molar-refractivity contribution in [1.29, 1.82) is 0 Å². The normalized spacial score (nSPS) is 10.5. The Labute approximate surface area is 104 Å². The number of hydrogen-bond donors (Lipinski definition) is 0. The molecule has 0 spiro atoms. The van der Waals surface area contributed by atoms with E-state index in [2.05, 4.69) is 6.92 Å². The number of halogens is 1. The highest BCUT2D eigenvalue weighted by atomic mass is 32.1. The van der Waals surface area contributed by atoms with Gasteiger partial charge < -0.3 is 0 Å². The zero-order chi connectivity index (χ0) is 12.3. The number of carbonyl (C=O) groups excluding carboxylic acids is 1. The first kappa shape index (κ1) is 12.0. The van der Waals surface area contributed by atoms with Crippen molar-refractivity contribution in [1.82, 2.24) is 0 Å². The second-order valence-corrected chi connectivity index (χ2v) is 4.98. The molecule has 0 saturated heterocycles. The van der Waals surface area contributed by atoms with Crippen molar-refractivity contribution in [2.24, 2.45) is 0 Å². The van der Waals surface area contributed by atoms with Crippen LogP contribution in [0.4, 0.5) is 4.39 Å². The zero-order valence-electron chi connectivity index (χ0n) is 9.57. The molecule has 0 radical (unpaired) electrons. The topological polar surface area (TPSA) is 17.1 Å². The van der Waals surface area contributed by atoms with Crippen LogP contribution in [-0.2, 0) is 12.8 Å². The summed E-state index contributed by atoms with van der Waals surface area (Å²) in [6.45, 7) is 2.05. The van der Waals surface area contributed by atoms with E-state index in [1.54, 1.807) is 18.2 Å². The molecule has 0 atom stereocenters. The summed E-state index contributed by atoms with van der Waals surface area (Å²) in [6, 6.07) is 10.2. The molecule has 88 valence electrons. The van der Waals surface area contributed by atoms with Crippen molar-refractivity contribution < 1.29 is 9.18 Å². The number of Topliss-reactive ketones (excluding diaryl/α,β-unsaturated/α-hetero) is 1. The van der Waals surface area contributed by atoms with Crippen LogP contribution in [-0.4, -0.2) is 5.78 Å². The molecule has 0 unspecified atom stereocenters. The Morgan fingerprint density at radius 2 is 2.00 bits per heavy atom. The van der Waals surface area contributed by atoms with Gasteiger partial charge in [-0.05, 0) is 30.2 Å². The molecular formula is C14H13FOS. The maximum atomic E-state index is 13.4. The first-order valence-corrected chi connectivity index (χ1v) is 6.37. The molecule has 0 bridgehead atoms. The fourth-order valence-electron chi connectivity index (χ4n) is 1.62. The second kappa shape index (κ2) is 5.23. The van der Waals surface area contributed by atoms with Crippen LogP contribution in [0.5, 0.6) is 0 Å². The monoisotopic (exact) mass is 248 g/mol. The molecule has 1 nitrogen and oxygen atoms in total. The number of benzene rings is 1. The number of ketones is 1.